The average Bonchev–Trinajstić information content (AvgIpc) is 2.65. The van der Waals surface area contributed by atoms with Crippen LogP contribution in [0.3, 0.4) is 0 Å². The molecule has 1 heterocycles. The van der Waals surface area contributed by atoms with Crippen molar-refractivity contribution in [1.82, 2.24) is 0 Å². The van der Waals surface area contributed by atoms with Gasteiger partial charge in [-0.1, -0.05) is 26.0 Å². The van der Waals surface area contributed by atoms with Gasteiger partial charge in [0, 0.05) is 23.6 Å². The second kappa shape index (κ2) is 6.33. The van der Waals surface area contributed by atoms with Crippen molar-refractivity contribution >= 4 is 30.7 Å². The van der Waals surface area contributed by atoms with Crippen molar-refractivity contribution in [1.29, 1.82) is 0 Å². The van der Waals surface area contributed by atoms with Crippen LogP contribution in [0.1, 0.15) is 24.6 Å². The molecule has 0 amide bonds. The quantitative estimate of drug-likeness (QED) is 0.573. The number of hydrogen-bond donors (Lipinski definition) is 0. The fourth-order valence-corrected chi connectivity index (χ4v) is 3.85. The van der Waals surface area contributed by atoms with Crippen molar-refractivity contribution in [2.24, 2.45) is 0 Å². The Morgan fingerprint density at radius 3 is 2.10 bits per heavy atom. The topological polar surface area (TPSA) is 57.2 Å². The zero-order chi connectivity index (χ0) is 16.4. The van der Waals surface area contributed by atoms with Crippen LogP contribution in [-0.2, 0) is 15.6 Å². The Hall–Kier alpha value is -1.12. The molecule has 0 aliphatic carbocycles. The first-order valence-electron chi connectivity index (χ1n) is 5.94. The molecule has 0 N–H and O–H groups in total. The van der Waals surface area contributed by atoms with E-state index in [9.17, 15) is 13.2 Å². The monoisotopic (exact) mass is 340 g/mol. The standard InChI is InChI=1S/C12H12F3S.CH4O3S/c1-8(2)11-7-9-5-3-4-6-10(9)16(11)12(13,14)15;1-5(2,3)4/h3-8H,1-2H3;1H3,(H,2,3,4)/q+1;/p-1. The lowest BCUT2D eigenvalue weighted by atomic mass is 10.1. The lowest BCUT2D eigenvalue weighted by molar-refractivity contribution is -0.0868. The highest BCUT2D eigenvalue weighted by Gasteiger charge is 2.48. The van der Waals surface area contributed by atoms with Crippen LogP contribution in [0.25, 0.3) is 10.1 Å². The van der Waals surface area contributed by atoms with Gasteiger partial charge in [-0.2, -0.15) is 0 Å². The smallest absolute Gasteiger partial charge is 0.600 e. The Balaban J connectivity index is 0.000000383. The summed E-state index contributed by atoms with van der Waals surface area (Å²) in [5.74, 6) is -0.0719. The number of benzene rings is 1. The van der Waals surface area contributed by atoms with E-state index in [2.05, 4.69) is 0 Å². The van der Waals surface area contributed by atoms with Gasteiger partial charge in [-0.25, -0.2) is 8.42 Å². The maximum absolute atomic E-state index is 13.0. The first kappa shape index (κ1) is 17.9. The summed E-state index contributed by atoms with van der Waals surface area (Å²) in [5, 5.41) is 0.715. The van der Waals surface area contributed by atoms with E-state index in [1.165, 1.54) is 0 Å². The van der Waals surface area contributed by atoms with Crippen LogP contribution < -0.4 is 0 Å². The molecule has 1 unspecified atom stereocenters. The van der Waals surface area contributed by atoms with E-state index < -0.39 is 26.1 Å². The molecule has 0 saturated carbocycles. The van der Waals surface area contributed by atoms with Gasteiger partial charge in [0.2, 0.25) is 0 Å². The summed E-state index contributed by atoms with van der Waals surface area (Å²) in [6.45, 7) is 3.62. The van der Waals surface area contributed by atoms with Crippen LogP contribution in [0.15, 0.2) is 30.3 Å². The number of halogens is 3. The first-order chi connectivity index (χ1) is 9.41. The number of alkyl halides is 3. The van der Waals surface area contributed by atoms with Crippen molar-refractivity contribution in [3.8, 4) is 0 Å². The fourth-order valence-electron chi connectivity index (χ4n) is 1.79. The Morgan fingerprint density at radius 2 is 1.67 bits per heavy atom. The molecule has 1 atom stereocenters. The highest BCUT2D eigenvalue weighted by Crippen LogP contribution is 2.52. The summed E-state index contributed by atoms with van der Waals surface area (Å²) in [6, 6.07) is 8.46. The predicted molar refractivity (Wildman–Crippen MR) is 77.4 cm³/mol. The van der Waals surface area contributed by atoms with Gasteiger partial charge in [0.25, 0.3) is 0 Å². The Morgan fingerprint density at radius 1 is 1.19 bits per heavy atom. The molecule has 1 aromatic carbocycles. The summed E-state index contributed by atoms with van der Waals surface area (Å²) in [4.78, 5) is 0.494. The second-order valence-electron chi connectivity index (χ2n) is 4.70. The lowest BCUT2D eigenvalue weighted by Crippen LogP contribution is -1.99. The number of hydrogen-bond acceptors (Lipinski definition) is 3. The van der Waals surface area contributed by atoms with E-state index in [4.69, 9.17) is 13.0 Å². The van der Waals surface area contributed by atoms with Crippen LogP contribution in [0, 0.1) is 0 Å². The van der Waals surface area contributed by atoms with Crippen LogP contribution in [-0.4, -0.2) is 19.2 Å². The van der Waals surface area contributed by atoms with Gasteiger partial charge in [0.15, 0.2) is 9.58 Å². The highest BCUT2D eigenvalue weighted by atomic mass is 32.2. The maximum Gasteiger partial charge on any atom is 0.600 e. The molecule has 118 valence electrons. The van der Waals surface area contributed by atoms with Crippen molar-refractivity contribution in [2.75, 3.05) is 6.26 Å². The lowest BCUT2D eigenvalue weighted by Gasteiger charge is -2.01. The molecule has 1 aromatic heterocycles. The molecule has 0 aliphatic heterocycles. The third-order valence-electron chi connectivity index (χ3n) is 2.47. The minimum atomic E-state index is -4.16. The zero-order valence-corrected chi connectivity index (χ0v) is 13.3. The van der Waals surface area contributed by atoms with Crippen LogP contribution >= 0.6 is 10.5 Å². The largest absolute Gasteiger partial charge is 0.748 e. The highest BCUT2D eigenvalue weighted by molar-refractivity contribution is 7.84. The van der Waals surface area contributed by atoms with E-state index in [1.54, 1.807) is 30.3 Å². The van der Waals surface area contributed by atoms with Gasteiger partial charge in [0.05, 0.1) is 20.6 Å². The van der Waals surface area contributed by atoms with Gasteiger partial charge in [-0.3, -0.25) is 0 Å². The zero-order valence-electron chi connectivity index (χ0n) is 11.6. The first-order valence-corrected chi connectivity index (χ1v) is 8.98. The maximum atomic E-state index is 13.0. The molecule has 2 aromatic rings. The van der Waals surface area contributed by atoms with Crippen molar-refractivity contribution in [2.45, 2.75) is 25.3 Å². The molecule has 0 fully saturated rings. The van der Waals surface area contributed by atoms with Gasteiger partial charge in [0.1, 0.15) is 0 Å². The van der Waals surface area contributed by atoms with Gasteiger partial charge >= 0.3 is 5.51 Å². The Labute approximate surface area is 124 Å². The molecule has 0 bridgehead atoms. The van der Waals surface area contributed by atoms with Crippen LogP contribution in [0.5, 0.6) is 0 Å². The predicted octanol–water partition coefficient (Wildman–Crippen LogP) is 4.35. The minimum absolute atomic E-state index is 0.0719. The average molecular weight is 340 g/mol. The van der Waals surface area contributed by atoms with E-state index in [0.29, 0.717) is 21.2 Å². The molecule has 2 rings (SSSR count). The summed E-state index contributed by atoms with van der Waals surface area (Å²) in [7, 11) is -5.64. The summed E-state index contributed by atoms with van der Waals surface area (Å²) in [5.41, 5.74) is -4.16. The van der Waals surface area contributed by atoms with Gasteiger partial charge in [-0.05, 0) is 12.1 Å². The van der Waals surface area contributed by atoms with Crippen LogP contribution in [0.4, 0.5) is 13.2 Å². The molecule has 0 spiro atoms. The number of fused-ring (bicyclic) bond motifs is 1. The third kappa shape index (κ3) is 5.29. The molecule has 21 heavy (non-hydrogen) atoms. The van der Waals surface area contributed by atoms with Gasteiger partial charge in [-0.15, -0.1) is 13.2 Å². The summed E-state index contributed by atoms with van der Waals surface area (Å²) < 4.78 is 66.7. The van der Waals surface area contributed by atoms with E-state index in [0.717, 1.165) is 0 Å². The fraction of sp³-hybridized carbons (Fsp3) is 0.385. The summed E-state index contributed by atoms with van der Waals surface area (Å²) in [6.07, 6.45) is 0.604. The van der Waals surface area contributed by atoms with E-state index in [-0.39, 0.29) is 5.92 Å². The molecule has 8 heteroatoms. The molecule has 3 nitrogen and oxygen atoms in total. The van der Waals surface area contributed by atoms with E-state index >= 15 is 0 Å². The molecule has 0 saturated heterocycles. The van der Waals surface area contributed by atoms with Crippen molar-refractivity contribution in [3.05, 3.63) is 35.2 Å². The van der Waals surface area contributed by atoms with Crippen molar-refractivity contribution in [3.63, 3.8) is 0 Å². The SMILES string of the molecule is CC(C)c1cc2ccccc2[s+]1C(F)(F)F.CS(=O)(=O)[O-]. The Kier molecular flexibility index (Phi) is 5.40. The molecule has 0 radical (unpaired) electrons. The van der Waals surface area contributed by atoms with Crippen molar-refractivity contribution < 1.29 is 26.1 Å². The minimum Gasteiger partial charge on any atom is -0.748 e. The van der Waals surface area contributed by atoms with Crippen LogP contribution in [0.2, 0.25) is 0 Å². The molecular weight excluding hydrogens is 325 g/mol. The number of rotatable bonds is 1. The normalized spacial score (nSPS) is 13.2. The third-order valence-corrected chi connectivity index (χ3v) is 4.81. The second-order valence-corrected chi connectivity index (χ2v) is 8.09. The Bertz CT molecular complexity index is 708. The van der Waals surface area contributed by atoms with Gasteiger partial charge < -0.3 is 4.55 Å². The molecular formula is C13H15F3O3S2. The number of thiophene rings is 1. The molecule has 0 aliphatic rings. The van der Waals surface area contributed by atoms with E-state index in [1.807, 2.05) is 13.8 Å². The summed E-state index contributed by atoms with van der Waals surface area (Å²) >= 11 is 0.